The molecule has 1 aromatic rings. The molecule has 1 aliphatic rings. The lowest BCUT2D eigenvalue weighted by Crippen LogP contribution is -2.37. The fraction of sp³-hybridized carbons (Fsp3) is 0.600. The van der Waals surface area contributed by atoms with Crippen LogP contribution < -0.4 is 5.32 Å². The Kier molecular flexibility index (Phi) is 4.91. The van der Waals surface area contributed by atoms with Gasteiger partial charge in [0, 0.05) is 18.3 Å². The summed E-state index contributed by atoms with van der Waals surface area (Å²) >= 11 is 0. The predicted octanol–water partition coefficient (Wildman–Crippen LogP) is 3.99. The number of hydrogen-bond acceptors (Lipinski definition) is 2. The maximum atomic E-state index is 12.6. The molecule has 1 saturated heterocycles. The molecule has 20 heavy (non-hydrogen) atoms. The Morgan fingerprint density at radius 3 is 2.80 bits per heavy atom. The summed E-state index contributed by atoms with van der Waals surface area (Å²) in [6, 6.07) is 5.93. The fourth-order valence-electron chi connectivity index (χ4n) is 2.70. The summed E-state index contributed by atoms with van der Waals surface area (Å²) in [7, 11) is 2.12. The highest BCUT2D eigenvalue weighted by Crippen LogP contribution is 2.30. The van der Waals surface area contributed by atoms with Gasteiger partial charge in [0.05, 0.1) is 5.56 Å². The van der Waals surface area contributed by atoms with Crippen LogP contribution in [0.15, 0.2) is 24.3 Å². The van der Waals surface area contributed by atoms with Crippen LogP contribution in [0.4, 0.5) is 18.9 Å². The van der Waals surface area contributed by atoms with Gasteiger partial charge < -0.3 is 10.2 Å². The Balaban J connectivity index is 1.85. The molecule has 1 atom stereocenters. The minimum absolute atomic E-state index is 0.540. The number of rotatable bonds is 4. The molecule has 0 bridgehead atoms. The lowest BCUT2D eigenvalue weighted by Gasteiger charge is -2.32. The van der Waals surface area contributed by atoms with Crippen molar-refractivity contribution in [3.63, 3.8) is 0 Å². The number of piperidine rings is 1. The van der Waals surface area contributed by atoms with Gasteiger partial charge in [-0.25, -0.2) is 0 Å². The van der Waals surface area contributed by atoms with Crippen molar-refractivity contribution in [3.05, 3.63) is 29.8 Å². The van der Waals surface area contributed by atoms with E-state index in [1.807, 2.05) is 0 Å². The van der Waals surface area contributed by atoms with Gasteiger partial charge >= 0.3 is 6.18 Å². The molecule has 1 heterocycles. The zero-order valence-electron chi connectivity index (χ0n) is 11.7. The summed E-state index contributed by atoms with van der Waals surface area (Å²) in [5.41, 5.74) is -0.0597. The molecule has 0 amide bonds. The first-order chi connectivity index (χ1) is 9.47. The zero-order chi connectivity index (χ0) is 14.6. The minimum Gasteiger partial charge on any atom is -0.385 e. The quantitative estimate of drug-likeness (QED) is 0.900. The Morgan fingerprint density at radius 1 is 1.30 bits per heavy atom. The van der Waals surface area contributed by atoms with Crippen molar-refractivity contribution in [1.29, 1.82) is 0 Å². The highest BCUT2D eigenvalue weighted by Gasteiger charge is 2.30. The van der Waals surface area contributed by atoms with Gasteiger partial charge in [-0.1, -0.05) is 12.5 Å². The highest BCUT2D eigenvalue weighted by atomic mass is 19.4. The molecule has 1 unspecified atom stereocenters. The number of likely N-dealkylation sites (tertiary alicyclic amines) is 1. The molecule has 0 saturated carbocycles. The van der Waals surface area contributed by atoms with Gasteiger partial charge in [0.1, 0.15) is 0 Å². The SMILES string of the molecule is CN1CCCCC1CCNc1cccc(C(F)(F)F)c1. The van der Waals surface area contributed by atoms with Gasteiger partial charge in [-0.2, -0.15) is 13.2 Å². The van der Waals surface area contributed by atoms with E-state index < -0.39 is 11.7 Å². The van der Waals surface area contributed by atoms with Crippen LogP contribution in [0.5, 0.6) is 0 Å². The minimum atomic E-state index is -4.28. The smallest absolute Gasteiger partial charge is 0.385 e. The molecular weight excluding hydrogens is 265 g/mol. The van der Waals surface area contributed by atoms with E-state index in [1.165, 1.54) is 31.4 Å². The zero-order valence-corrected chi connectivity index (χ0v) is 11.7. The van der Waals surface area contributed by atoms with Crippen LogP contribution >= 0.6 is 0 Å². The second-order valence-electron chi connectivity index (χ2n) is 5.42. The van der Waals surface area contributed by atoms with Crippen LogP contribution in [-0.4, -0.2) is 31.1 Å². The summed E-state index contributed by atoms with van der Waals surface area (Å²) < 4.78 is 37.8. The molecule has 5 heteroatoms. The third-order valence-electron chi connectivity index (χ3n) is 3.92. The number of halogens is 3. The molecular formula is C15H21F3N2. The van der Waals surface area contributed by atoms with E-state index in [4.69, 9.17) is 0 Å². The van der Waals surface area contributed by atoms with Gasteiger partial charge in [0.25, 0.3) is 0 Å². The molecule has 1 fully saturated rings. The van der Waals surface area contributed by atoms with Crippen molar-refractivity contribution in [1.82, 2.24) is 4.90 Å². The molecule has 0 aromatic heterocycles. The van der Waals surface area contributed by atoms with Crippen molar-refractivity contribution in [2.45, 2.75) is 37.9 Å². The Labute approximate surface area is 118 Å². The van der Waals surface area contributed by atoms with Crippen molar-refractivity contribution in [2.75, 3.05) is 25.5 Å². The van der Waals surface area contributed by atoms with Crippen molar-refractivity contribution < 1.29 is 13.2 Å². The molecule has 0 aliphatic carbocycles. The summed E-state index contributed by atoms with van der Waals surface area (Å²) in [4.78, 5) is 2.34. The number of alkyl halides is 3. The molecule has 1 aromatic carbocycles. The monoisotopic (exact) mass is 286 g/mol. The van der Waals surface area contributed by atoms with Gasteiger partial charge in [0.15, 0.2) is 0 Å². The van der Waals surface area contributed by atoms with Gasteiger partial charge in [-0.3, -0.25) is 0 Å². The second kappa shape index (κ2) is 6.48. The molecule has 0 spiro atoms. The average molecular weight is 286 g/mol. The number of anilines is 1. The van der Waals surface area contributed by atoms with E-state index in [0.717, 1.165) is 19.0 Å². The average Bonchev–Trinajstić information content (AvgIpc) is 2.40. The maximum absolute atomic E-state index is 12.6. The van der Waals surface area contributed by atoms with Crippen molar-refractivity contribution >= 4 is 5.69 Å². The predicted molar refractivity (Wildman–Crippen MR) is 74.8 cm³/mol. The van der Waals surface area contributed by atoms with Crippen LogP contribution in [0.25, 0.3) is 0 Å². The third kappa shape index (κ3) is 4.13. The van der Waals surface area contributed by atoms with Crippen molar-refractivity contribution in [2.24, 2.45) is 0 Å². The number of benzene rings is 1. The molecule has 2 rings (SSSR count). The van der Waals surface area contributed by atoms with Gasteiger partial charge in [-0.15, -0.1) is 0 Å². The third-order valence-corrected chi connectivity index (χ3v) is 3.92. The topological polar surface area (TPSA) is 15.3 Å². The first kappa shape index (κ1) is 15.2. The van der Waals surface area contributed by atoms with E-state index in [1.54, 1.807) is 6.07 Å². The lowest BCUT2D eigenvalue weighted by atomic mass is 10.0. The van der Waals surface area contributed by atoms with E-state index >= 15 is 0 Å². The van der Waals surface area contributed by atoms with Crippen LogP contribution in [0.1, 0.15) is 31.2 Å². The summed E-state index contributed by atoms with van der Waals surface area (Å²) in [5, 5.41) is 3.10. The number of nitrogens with zero attached hydrogens (tertiary/aromatic N) is 1. The van der Waals surface area contributed by atoms with E-state index in [2.05, 4.69) is 17.3 Å². The van der Waals surface area contributed by atoms with E-state index in [9.17, 15) is 13.2 Å². The summed E-state index contributed by atoms with van der Waals surface area (Å²) in [5.74, 6) is 0. The molecule has 0 radical (unpaired) electrons. The van der Waals surface area contributed by atoms with Gasteiger partial charge in [-0.05, 0) is 51.1 Å². The lowest BCUT2D eigenvalue weighted by molar-refractivity contribution is -0.137. The number of nitrogens with one attached hydrogen (secondary N) is 1. The second-order valence-corrected chi connectivity index (χ2v) is 5.42. The summed E-state index contributed by atoms with van der Waals surface area (Å²) in [6.07, 6.45) is 0.363. The highest BCUT2D eigenvalue weighted by molar-refractivity contribution is 5.46. The standard InChI is InChI=1S/C15H21F3N2/c1-20-10-3-2-7-14(20)8-9-19-13-6-4-5-12(11-13)15(16,17)18/h4-6,11,14,19H,2-3,7-10H2,1H3. The first-order valence-electron chi connectivity index (χ1n) is 7.08. The van der Waals surface area contributed by atoms with Crippen LogP contribution in [0, 0.1) is 0 Å². The largest absolute Gasteiger partial charge is 0.416 e. The van der Waals surface area contributed by atoms with Crippen LogP contribution in [0.3, 0.4) is 0 Å². The van der Waals surface area contributed by atoms with Crippen LogP contribution in [0.2, 0.25) is 0 Å². The van der Waals surface area contributed by atoms with Crippen LogP contribution in [-0.2, 0) is 6.18 Å². The van der Waals surface area contributed by atoms with E-state index in [0.29, 0.717) is 18.3 Å². The normalized spacial score (nSPS) is 20.9. The van der Waals surface area contributed by atoms with Crippen molar-refractivity contribution in [3.8, 4) is 0 Å². The molecule has 112 valence electrons. The Hall–Kier alpha value is -1.23. The first-order valence-corrected chi connectivity index (χ1v) is 7.08. The Bertz CT molecular complexity index is 431. The maximum Gasteiger partial charge on any atom is 0.416 e. The van der Waals surface area contributed by atoms with E-state index in [-0.39, 0.29) is 0 Å². The molecule has 2 nitrogen and oxygen atoms in total. The molecule has 1 aliphatic heterocycles. The summed E-state index contributed by atoms with van der Waals surface area (Å²) in [6.45, 7) is 1.82. The molecule has 1 N–H and O–H groups in total. The number of hydrogen-bond donors (Lipinski definition) is 1. The van der Waals surface area contributed by atoms with Gasteiger partial charge in [0.2, 0.25) is 0 Å². The Morgan fingerprint density at radius 2 is 2.10 bits per heavy atom. The fourth-order valence-corrected chi connectivity index (χ4v) is 2.70.